The summed E-state index contributed by atoms with van der Waals surface area (Å²) in [5.41, 5.74) is 5.31. The van der Waals surface area contributed by atoms with Crippen LogP contribution in [0.5, 0.6) is 0 Å². The molecular formula is C24H17Br3N4O3. The topological polar surface area (TPSA) is 92.2 Å². The molecule has 0 radical (unpaired) electrons. The van der Waals surface area contributed by atoms with E-state index in [1.165, 1.54) is 4.68 Å². The highest BCUT2D eigenvalue weighted by Gasteiger charge is 2.21. The Morgan fingerprint density at radius 1 is 0.765 bits per heavy atom. The summed E-state index contributed by atoms with van der Waals surface area (Å²) in [4.78, 5) is 38.4. The van der Waals surface area contributed by atoms with Crippen LogP contribution in [0, 0.1) is 6.92 Å². The number of nitrogens with zero attached hydrogens (tertiary/aromatic N) is 1. The molecule has 3 aromatic carbocycles. The second-order valence-electron chi connectivity index (χ2n) is 7.41. The summed E-state index contributed by atoms with van der Waals surface area (Å²) in [6.45, 7) is 1.92. The first-order valence-corrected chi connectivity index (χ1v) is 12.4. The summed E-state index contributed by atoms with van der Waals surface area (Å²) >= 11 is 10.2. The third-order valence-electron chi connectivity index (χ3n) is 4.89. The van der Waals surface area contributed by atoms with Crippen molar-refractivity contribution in [1.29, 1.82) is 0 Å². The average molecular weight is 649 g/mol. The predicted octanol–water partition coefficient (Wildman–Crippen LogP) is 6.20. The first-order valence-electron chi connectivity index (χ1n) is 9.97. The van der Waals surface area contributed by atoms with Crippen LogP contribution >= 0.6 is 47.8 Å². The number of rotatable bonds is 4. The minimum atomic E-state index is -0.925. The molecule has 4 aromatic rings. The van der Waals surface area contributed by atoms with E-state index in [-0.39, 0.29) is 5.69 Å². The number of aromatic nitrogens is 1. The second kappa shape index (κ2) is 10.1. The highest BCUT2D eigenvalue weighted by molar-refractivity contribution is 9.11. The number of amides is 3. The molecule has 172 valence electrons. The van der Waals surface area contributed by atoms with Crippen LogP contribution in [-0.2, 0) is 9.59 Å². The van der Waals surface area contributed by atoms with Gasteiger partial charge in [0.05, 0.1) is 11.2 Å². The monoisotopic (exact) mass is 646 g/mol. The van der Waals surface area contributed by atoms with Gasteiger partial charge in [0.2, 0.25) is 0 Å². The number of nitrogens with one attached hydrogen (secondary N) is 3. The maximum Gasteiger partial charge on any atom is 0.328 e. The van der Waals surface area contributed by atoms with Crippen LogP contribution in [0.25, 0.3) is 10.9 Å². The van der Waals surface area contributed by atoms with Crippen molar-refractivity contribution in [3.63, 3.8) is 0 Å². The van der Waals surface area contributed by atoms with E-state index >= 15 is 0 Å². The lowest BCUT2D eigenvalue weighted by Crippen LogP contribution is -2.36. The molecule has 0 unspecified atom stereocenters. The molecule has 7 nitrogen and oxygen atoms in total. The lowest BCUT2D eigenvalue weighted by molar-refractivity contribution is -0.133. The van der Waals surface area contributed by atoms with Crippen LogP contribution in [0.15, 0.2) is 80.1 Å². The van der Waals surface area contributed by atoms with Gasteiger partial charge in [-0.05, 0) is 89.1 Å². The number of benzene rings is 3. The van der Waals surface area contributed by atoms with E-state index in [2.05, 4.69) is 63.8 Å². The molecule has 3 amide bonds. The first-order chi connectivity index (χ1) is 16.2. The van der Waals surface area contributed by atoms with Gasteiger partial charge in [-0.3, -0.25) is 19.8 Å². The van der Waals surface area contributed by atoms with E-state index in [4.69, 9.17) is 0 Å². The molecule has 1 aromatic heterocycles. The van der Waals surface area contributed by atoms with E-state index < -0.39 is 17.7 Å². The Balaban J connectivity index is 1.62. The summed E-state index contributed by atoms with van der Waals surface area (Å²) in [7, 11) is 0. The minimum absolute atomic E-state index is 0.161. The standard InChI is InChI=1S/C24H17Br3N4O3/c1-13-2-8-19(18(27)10-13)29-23(33)24(34)30-31-20-9-5-16(26)11-14(20)12-21(31)22(32)28-17-6-3-15(25)4-7-17/h2-12H,1H3,(H,28,32)(H,29,33)(H,30,34). The van der Waals surface area contributed by atoms with Crippen molar-refractivity contribution >= 4 is 87.8 Å². The second-order valence-corrected chi connectivity index (χ2v) is 10.1. The fourth-order valence-electron chi connectivity index (χ4n) is 3.26. The average Bonchev–Trinajstić information content (AvgIpc) is 3.14. The van der Waals surface area contributed by atoms with Gasteiger partial charge in [-0.15, -0.1) is 0 Å². The lowest BCUT2D eigenvalue weighted by atomic mass is 10.2. The number of anilines is 2. The van der Waals surface area contributed by atoms with Crippen LogP contribution in [-0.4, -0.2) is 22.4 Å². The van der Waals surface area contributed by atoms with E-state index in [0.29, 0.717) is 26.8 Å². The van der Waals surface area contributed by atoms with Gasteiger partial charge < -0.3 is 10.6 Å². The molecule has 3 N–H and O–H groups in total. The number of fused-ring (bicyclic) bond motifs is 1. The normalized spacial score (nSPS) is 10.7. The number of carbonyl (C=O) groups is 3. The molecule has 0 atom stereocenters. The largest absolute Gasteiger partial charge is 0.328 e. The number of aryl methyl sites for hydroxylation is 1. The SMILES string of the molecule is Cc1ccc(NC(=O)C(=O)Nn2c(C(=O)Nc3ccc(Br)cc3)cc3cc(Br)ccc32)c(Br)c1. The summed E-state index contributed by atoms with van der Waals surface area (Å²) in [5.74, 6) is -2.25. The third kappa shape index (κ3) is 5.40. The Bertz CT molecular complexity index is 1430. The summed E-state index contributed by atoms with van der Waals surface area (Å²) in [6, 6.07) is 19.4. The van der Waals surface area contributed by atoms with Crippen molar-refractivity contribution in [3.05, 3.63) is 91.4 Å². The molecule has 0 aliphatic heterocycles. The molecule has 0 aliphatic rings. The zero-order valence-electron chi connectivity index (χ0n) is 17.7. The molecule has 0 aliphatic carbocycles. The first kappa shape index (κ1) is 24.2. The Morgan fingerprint density at radius 3 is 2.18 bits per heavy atom. The van der Waals surface area contributed by atoms with Crippen molar-refractivity contribution in [3.8, 4) is 0 Å². The zero-order valence-corrected chi connectivity index (χ0v) is 22.4. The van der Waals surface area contributed by atoms with Gasteiger partial charge >= 0.3 is 11.8 Å². The molecular weight excluding hydrogens is 632 g/mol. The fourth-order valence-corrected chi connectivity index (χ4v) is 4.49. The third-order valence-corrected chi connectivity index (χ3v) is 6.57. The Hall–Kier alpha value is -2.95. The lowest BCUT2D eigenvalue weighted by Gasteiger charge is -2.13. The van der Waals surface area contributed by atoms with E-state index in [9.17, 15) is 14.4 Å². The minimum Gasteiger partial charge on any atom is -0.321 e. The van der Waals surface area contributed by atoms with Crippen molar-refractivity contribution < 1.29 is 14.4 Å². The molecule has 10 heteroatoms. The van der Waals surface area contributed by atoms with Crippen molar-refractivity contribution in [2.24, 2.45) is 0 Å². The molecule has 34 heavy (non-hydrogen) atoms. The van der Waals surface area contributed by atoms with Crippen molar-refractivity contribution in [2.75, 3.05) is 16.1 Å². The predicted molar refractivity (Wildman–Crippen MR) is 144 cm³/mol. The maximum atomic E-state index is 13.1. The Kier molecular flexibility index (Phi) is 7.20. The van der Waals surface area contributed by atoms with Gasteiger partial charge in [0.25, 0.3) is 5.91 Å². The quantitative estimate of drug-likeness (QED) is 0.230. The van der Waals surface area contributed by atoms with Crippen molar-refractivity contribution in [2.45, 2.75) is 6.92 Å². The van der Waals surface area contributed by atoms with Crippen LogP contribution in [0.2, 0.25) is 0 Å². The van der Waals surface area contributed by atoms with Gasteiger partial charge in [0, 0.05) is 24.5 Å². The smallest absolute Gasteiger partial charge is 0.321 e. The molecule has 0 saturated carbocycles. The zero-order chi connectivity index (χ0) is 24.4. The Morgan fingerprint density at radius 2 is 1.47 bits per heavy atom. The molecule has 4 rings (SSSR count). The van der Waals surface area contributed by atoms with Gasteiger partial charge in [-0.1, -0.05) is 37.9 Å². The van der Waals surface area contributed by atoms with E-state index in [1.807, 2.05) is 25.1 Å². The molecule has 0 spiro atoms. The fraction of sp³-hybridized carbons (Fsp3) is 0.0417. The van der Waals surface area contributed by atoms with Gasteiger partial charge in [-0.2, -0.15) is 0 Å². The van der Waals surface area contributed by atoms with Crippen LogP contribution < -0.4 is 16.1 Å². The number of carbonyl (C=O) groups excluding carboxylic acids is 3. The summed E-state index contributed by atoms with van der Waals surface area (Å²) in [5, 5.41) is 6.09. The van der Waals surface area contributed by atoms with Gasteiger partial charge in [-0.25, -0.2) is 4.68 Å². The van der Waals surface area contributed by atoms with Gasteiger partial charge in [0.15, 0.2) is 0 Å². The molecule has 0 bridgehead atoms. The van der Waals surface area contributed by atoms with E-state index in [1.54, 1.807) is 48.5 Å². The van der Waals surface area contributed by atoms with Gasteiger partial charge in [0.1, 0.15) is 5.69 Å². The number of hydrogen-bond donors (Lipinski definition) is 3. The maximum absolute atomic E-state index is 13.1. The summed E-state index contributed by atoms with van der Waals surface area (Å²) in [6.07, 6.45) is 0. The van der Waals surface area contributed by atoms with Crippen LogP contribution in [0.1, 0.15) is 16.1 Å². The van der Waals surface area contributed by atoms with E-state index in [0.717, 1.165) is 14.5 Å². The summed E-state index contributed by atoms with van der Waals surface area (Å²) < 4.78 is 3.65. The number of halogens is 3. The number of hydrogen-bond acceptors (Lipinski definition) is 3. The Labute approximate surface area is 220 Å². The molecule has 1 heterocycles. The highest BCUT2D eigenvalue weighted by atomic mass is 79.9. The van der Waals surface area contributed by atoms with Crippen LogP contribution in [0.3, 0.4) is 0 Å². The molecule has 0 fully saturated rings. The van der Waals surface area contributed by atoms with Crippen LogP contribution in [0.4, 0.5) is 11.4 Å². The van der Waals surface area contributed by atoms with Crippen molar-refractivity contribution in [1.82, 2.24) is 4.68 Å². The molecule has 0 saturated heterocycles. The highest BCUT2D eigenvalue weighted by Crippen LogP contribution is 2.25.